The van der Waals surface area contributed by atoms with Gasteiger partial charge in [0.2, 0.25) is 0 Å². The Hall–Kier alpha value is -1.52. The zero-order valence-corrected chi connectivity index (χ0v) is 9.98. The molecule has 16 heavy (non-hydrogen) atoms. The Morgan fingerprint density at radius 3 is 2.50 bits per heavy atom. The van der Waals surface area contributed by atoms with Crippen molar-refractivity contribution in [2.24, 2.45) is 0 Å². The van der Waals surface area contributed by atoms with E-state index in [9.17, 15) is 9.59 Å². The third-order valence-corrected chi connectivity index (χ3v) is 2.12. The standard InChI is InChI=1S/C11H20N2O3/c1-4-6-8-12(3)11(16)13(7-5-2)9-10(14)15/h5H,2,4,6-9H2,1,3H3,(H,14,15). The molecular weight excluding hydrogens is 208 g/mol. The van der Waals surface area contributed by atoms with Crippen molar-refractivity contribution in [1.29, 1.82) is 0 Å². The first kappa shape index (κ1) is 14.5. The van der Waals surface area contributed by atoms with E-state index in [1.54, 1.807) is 7.05 Å². The van der Waals surface area contributed by atoms with E-state index in [0.29, 0.717) is 6.54 Å². The number of hydrogen-bond acceptors (Lipinski definition) is 2. The maximum absolute atomic E-state index is 11.8. The van der Waals surface area contributed by atoms with Crippen LogP contribution < -0.4 is 0 Å². The maximum Gasteiger partial charge on any atom is 0.323 e. The Morgan fingerprint density at radius 2 is 2.06 bits per heavy atom. The lowest BCUT2D eigenvalue weighted by molar-refractivity contribution is -0.137. The van der Waals surface area contributed by atoms with E-state index in [2.05, 4.69) is 6.58 Å². The first-order valence-electron chi connectivity index (χ1n) is 5.35. The van der Waals surface area contributed by atoms with Crippen LogP contribution in [0.2, 0.25) is 0 Å². The monoisotopic (exact) mass is 228 g/mol. The Labute approximate surface area is 96.3 Å². The van der Waals surface area contributed by atoms with Crippen molar-refractivity contribution in [2.75, 3.05) is 26.7 Å². The summed E-state index contributed by atoms with van der Waals surface area (Å²) < 4.78 is 0. The number of carboxylic acid groups (broad SMARTS) is 1. The van der Waals surface area contributed by atoms with Gasteiger partial charge < -0.3 is 14.9 Å². The summed E-state index contributed by atoms with van der Waals surface area (Å²) in [7, 11) is 1.68. The van der Waals surface area contributed by atoms with Crippen molar-refractivity contribution in [3.05, 3.63) is 12.7 Å². The highest BCUT2D eigenvalue weighted by Gasteiger charge is 2.18. The second kappa shape index (κ2) is 7.73. The number of carbonyl (C=O) groups excluding carboxylic acids is 1. The summed E-state index contributed by atoms with van der Waals surface area (Å²) in [5.41, 5.74) is 0. The molecule has 0 spiro atoms. The summed E-state index contributed by atoms with van der Waals surface area (Å²) in [5.74, 6) is -1.01. The van der Waals surface area contributed by atoms with Crippen molar-refractivity contribution in [1.82, 2.24) is 9.80 Å². The molecule has 0 aliphatic heterocycles. The van der Waals surface area contributed by atoms with Gasteiger partial charge >= 0.3 is 12.0 Å². The van der Waals surface area contributed by atoms with Crippen LogP contribution in [-0.4, -0.2) is 53.6 Å². The van der Waals surface area contributed by atoms with Gasteiger partial charge in [-0.3, -0.25) is 4.79 Å². The molecule has 5 heteroatoms. The van der Waals surface area contributed by atoms with Gasteiger partial charge in [0.25, 0.3) is 0 Å². The highest BCUT2D eigenvalue weighted by atomic mass is 16.4. The van der Waals surface area contributed by atoms with E-state index in [-0.39, 0.29) is 19.1 Å². The lowest BCUT2D eigenvalue weighted by Crippen LogP contribution is -2.44. The number of amides is 2. The lowest BCUT2D eigenvalue weighted by atomic mass is 10.3. The number of nitrogens with zero attached hydrogens (tertiary/aromatic N) is 2. The minimum Gasteiger partial charge on any atom is -0.480 e. The number of carboxylic acids is 1. The smallest absolute Gasteiger partial charge is 0.323 e. The normalized spacial score (nSPS) is 9.62. The lowest BCUT2D eigenvalue weighted by Gasteiger charge is -2.25. The second-order valence-electron chi connectivity index (χ2n) is 3.62. The molecule has 0 saturated heterocycles. The molecule has 0 aromatic heterocycles. The molecule has 2 amide bonds. The zero-order valence-electron chi connectivity index (χ0n) is 9.98. The first-order chi connectivity index (χ1) is 7.52. The predicted octanol–water partition coefficient (Wildman–Crippen LogP) is 1.41. The molecule has 0 aromatic rings. The molecule has 0 aliphatic rings. The van der Waals surface area contributed by atoms with Gasteiger partial charge in [0.1, 0.15) is 6.54 Å². The molecule has 0 aliphatic carbocycles. The van der Waals surface area contributed by atoms with E-state index >= 15 is 0 Å². The highest BCUT2D eigenvalue weighted by Crippen LogP contribution is 2.00. The zero-order chi connectivity index (χ0) is 12.6. The van der Waals surface area contributed by atoms with Crippen LogP contribution in [0.1, 0.15) is 19.8 Å². The molecular formula is C11H20N2O3. The molecule has 0 fully saturated rings. The van der Waals surface area contributed by atoms with Crippen LogP contribution >= 0.6 is 0 Å². The van der Waals surface area contributed by atoms with Gasteiger partial charge in [0.15, 0.2) is 0 Å². The number of aliphatic carboxylic acids is 1. The minimum atomic E-state index is -1.01. The molecule has 0 rings (SSSR count). The van der Waals surface area contributed by atoms with Gasteiger partial charge in [-0.1, -0.05) is 19.4 Å². The first-order valence-corrected chi connectivity index (χ1v) is 5.35. The van der Waals surface area contributed by atoms with Crippen molar-refractivity contribution in [2.45, 2.75) is 19.8 Å². The largest absolute Gasteiger partial charge is 0.480 e. The maximum atomic E-state index is 11.8. The summed E-state index contributed by atoms with van der Waals surface area (Å²) in [6.07, 6.45) is 3.43. The fraction of sp³-hybridized carbons (Fsp3) is 0.636. The van der Waals surface area contributed by atoms with Crippen molar-refractivity contribution in [3.63, 3.8) is 0 Å². The third-order valence-electron chi connectivity index (χ3n) is 2.12. The molecule has 1 N–H and O–H groups in total. The van der Waals surface area contributed by atoms with Crippen LogP contribution in [-0.2, 0) is 4.79 Å². The Kier molecular flexibility index (Phi) is 7.00. The Morgan fingerprint density at radius 1 is 1.44 bits per heavy atom. The molecule has 5 nitrogen and oxygen atoms in total. The van der Waals surface area contributed by atoms with Crippen molar-refractivity contribution < 1.29 is 14.7 Å². The fourth-order valence-electron chi connectivity index (χ4n) is 1.26. The number of carbonyl (C=O) groups is 2. The van der Waals surface area contributed by atoms with Crippen LogP contribution in [0.3, 0.4) is 0 Å². The second-order valence-corrected chi connectivity index (χ2v) is 3.62. The predicted molar refractivity (Wildman–Crippen MR) is 62.3 cm³/mol. The Bertz CT molecular complexity index is 254. The van der Waals surface area contributed by atoms with Crippen LogP contribution in [0.25, 0.3) is 0 Å². The number of unbranched alkanes of at least 4 members (excludes halogenated alkanes) is 1. The Balaban J connectivity index is 4.34. The van der Waals surface area contributed by atoms with Crippen LogP contribution in [0.5, 0.6) is 0 Å². The van der Waals surface area contributed by atoms with Gasteiger partial charge in [0.05, 0.1) is 0 Å². The van der Waals surface area contributed by atoms with Gasteiger partial charge in [-0.2, -0.15) is 0 Å². The molecule has 0 bridgehead atoms. The van der Waals surface area contributed by atoms with Crippen LogP contribution in [0.15, 0.2) is 12.7 Å². The van der Waals surface area contributed by atoms with Crippen LogP contribution in [0.4, 0.5) is 4.79 Å². The minimum absolute atomic E-state index is 0.252. The van der Waals surface area contributed by atoms with Crippen molar-refractivity contribution in [3.8, 4) is 0 Å². The molecule has 0 aromatic carbocycles. The van der Waals surface area contributed by atoms with E-state index < -0.39 is 5.97 Å². The molecule has 0 heterocycles. The molecule has 0 saturated carbocycles. The average Bonchev–Trinajstić information content (AvgIpc) is 2.23. The van der Waals surface area contributed by atoms with E-state index in [1.807, 2.05) is 6.92 Å². The SMILES string of the molecule is C=CCN(CC(=O)O)C(=O)N(C)CCCC. The summed E-state index contributed by atoms with van der Waals surface area (Å²) in [6, 6.07) is -0.268. The third kappa shape index (κ3) is 5.38. The number of urea groups is 1. The van der Waals surface area contributed by atoms with Gasteiger partial charge in [-0.15, -0.1) is 6.58 Å². The summed E-state index contributed by atoms with van der Waals surface area (Å²) in [4.78, 5) is 25.2. The van der Waals surface area contributed by atoms with Gasteiger partial charge in [-0.05, 0) is 6.42 Å². The quantitative estimate of drug-likeness (QED) is 0.670. The van der Waals surface area contributed by atoms with E-state index in [4.69, 9.17) is 5.11 Å². The average molecular weight is 228 g/mol. The van der Waals surface area contributed by atoms with Gasteiger partial charge in [0, 0.05) is 20.1 Å². The summed E-state index contributed by atoms with van der Waals surface area (Å²) in [5, 5.41) is 8.67. The van der Waals surface area contributed by atoms with Crippen molar-refractivity contribution >= 4 is 12.0 Å². The van der Waals surface area contributed by atoms with Gasteiger partial charge in [-0.25, -0.2) is 4.79 Å². The summed E-state index contributed by atoms with van der Waals surface area (Å²) >= 11 is 0. The topological polar surface area (TPSA) is 60.9 Å². The molecule has 0 unspecified atom stereocenters. The number of hydrogen-bond donors (Lipinski definition) is 1. The molecule has 0 radical (unpaired) electrons. The highest BCUT2D eigenvalue weighted by molar-refractivity contribution is 5.80. The summed E-state index contributed by atoms with van der Waals surface area (Å²) in [6.45, 7) is 6.15. The van der Waals surface area contributed by atoms with Crippen LogP contribution in [0, 0.1) is 0 Å². The fourth-order valence-corrected chi connectivity index (χ4v) is 1.26. The van der Waals surface area contributed by atoms with E-state index in [0.717, 1.165) is 12.8 Å². The van der Waals surface area contributed by atoms with E-state index in [1.165, 1.54) is 15.9 Å². The molecule has 0 atom stereocenters. The number of rotatable bonds is 7. The molecule has 92 valence electrons.